The van der Waals surface area contributed by atoms with Crippen LogP contribution in [0.3, 0.4) is 0 Å². The number of nitrogens with zero attached hydrogens (tertiary/aromatic N) is 3. The third-order valence-corrected chi connectivity index (χ3v) is 6.46. The van der Waals surface area contributed by atoms with Gasteiger partial charge < -0.3 is 9.73 Å². The van der Waals surface area contributed by atoms with Crippen molar-refractivity contribution in [3.05, 3.63) is 60.0 Å². The largest absolute Gasteiger partial charge is 0.463 e. The molecule has 0 saturated heterocycles. The quantitative estimate of drug-likeness (QED) is 0.696. The molecule has 7 heteroatoms. The summed E-state index contributed by atoms with van der Waals surface area (Å²) in [6.45, 7) is 4.05. The Balaban J connectivity index is 1.60. The second-order valence-electron chi connectivity index (χ2n) is 8.71. The van der Waals surface area contributed by atoms with Gasteiger partial charge in [-0.3, -0.25) is 19.2 Å². The zero-order valence-electron chi connectivity index (χ0n) is 17.8. The highest BCUT2D eigenvalue weighted by Crippen LogP contribution is 2.36. The molecule has 1 aliphatic heterocycles. The van der Waals surface area contributed by atoms with Crippen LogP contribution in [0.25, 0.3) is 11.5 Å². The van der Waals surface area contributed by atoms with Crippen LogP contribution >= 0.6 is 0 Å². The minimum absolute atomic E-state index is 0.142. The van der Waals surface area contributed by atoms with Gasteiger partial charge in [0.15, 0.2) is 5.76 Å². The monoisotopic (exact) mass is 418 g/mol. The molecule has 0 radical (unpaired) electrons. The van der Waals surface area contributed by atoms with E-state index in [0.717, 1.165) is 36.9 Å². The number of fused-ring (bicyclic) bond motifs is 1. The number of anilines is 1. The second-order valence-corrected chi connectivity index (χ2v) is 8.71. The number of para-hydroxylation sites is 1. The number of carbonyl (C=O) groups excluding carboxylic acids is 2. The Labute approximate surface area is 181 Å². The highest BCUT2D eigenvalue weighted by atomic mass is 16.3. The number of amides is 2. The van der Waals surface area contributed by atoms with Crippen molar-refractivity contribution in [3.63, 3.8) is 0 Å². The fraction of sp³-hybridized carbons (Fsp3) is 0.375. The average Bonchev–Trinajstić information content (AvgIpc) is 3.50. The first-order valence-electron chi connectivity index (χ1n) is 10.8. The molecular formula is C24H26N4O3. The van der Waals surface area contributed by atoms with E-state index in [1.165, 1.54) is 0 Å². The lowest BCUT2D eigenvalue weighted by Crippen LogP contribution is -2.65. The smallest absolute Gasteiger partial charge is 0.277 e. The van der Waals surface area contributed by atoms with Crippen molar-refractivity contribution in [1.82, 2.24) is 15.1 Å². The van der Waals surface area contributed by atoms with Crippen LogP contribution in [0.2, 0.25) is 0 Å². The summed E-state index contributed by atoms with van der Waals surface area (Å²) in [5.74, 6) is 0.209. The van der Waals surface area contributed by atoms with Crippen molar-refractivity contribution in [3.8, 4) is 11.5 Å². The lowest BCUT2D eigenvalue weighted by atomic mass is 9.92. The van der Waals surface area contributed by atoms with E-state index in [-0.39, 0.29) is 24.4 Å². The molecule has 7 nitrogen and oxygen atoms in total. The number of furan rings is 1. The van der Waals surface area contributed by atoms with E-state index < -0.39 is 5.54 Å². The van der Waals surface area contributed by atoms with E-state index in [0.29, 0.717) is 17.1 Å². The minimum atomic E-state index is -1.11. The molecule has 1 N–H and O–H groups in total. The van der Waals surface area contributed by atoms with Gasteiger partial charge in [0, 0.05) is 17.8 Å². The molecule has 1 saturated carbocycles. The molecule has 1 aromatic carbocycles. The van der Waals surface area contributed by atoms with E-state index in [2.05, 4.69) is 10.4 Å². The van der Waals surface area contributed by atoms with Crippen molar-refractivity contribution >= 4 is 17.5 Å². The number of carbonyl (C=O) groups is 2. The van der Waals surface area contributed by atoms with E-state index in [9.17, 15) is 9.59 Å². The summed E-state index contributed by atoms with van der Waals surface area (Å²) >= 11 is 0. The van der Waals surface area contributed by atoms with Crippen molar-refractivity contribution in [2.45, 2.75) is 57.7 Å². The minimum Gasteiger partial charge on any atom is -0.463 e. The van der Waals surface area contributed by atoms with Gasteiger partial charge in [-0.25, -0.2) is 0 Å². The average molecular weight is 418 g/mol. The molecule has 1 fully saturated rings. The lowest BCUT2D eigenvalue weighted by Gasteiger charge is -2.44. The van der Waals surface area contributed by atoms with E-state index in [1.54, 1.807) is 28.0 Å². The molecule has 2 aromatic heterocycles. The number of aryl methyl sites for hydroxylation is 1. The highest BCUT2D eigenvalue weighted by molar-refractivity contribution is 6.12. The summed E-state index contributed by atoms with van der Waals surface area (Å²) in [5.41, 5.74) is 1.60. The van der Waals surface area contributed by atoms with E-state index in [1.807, 2.05) is 44.2 Å². The number of nitrogens with one attached hydrogen (secondary N) is 1. The number of hydrogen-bond acceptors (Lipinski definition) is 4. The third kappa shape index (κ3) is 3.24. The van der Waals surface area contributed by atoms with E-state index >= 15 is 0 Å². The normalized spacial score (nSPS) is 21.4. The molecule has 2 aliphatic rings. The number of aromatic nitrogens is 2. The summed E-state index contributed by atoms with van der Waals surface area (Å²) in [6, 6.07) is 13.2. The molecule has 3 aromatic rings. The lowest BCUT2D eigenvalue weighted by molar-refractivity contribution is -0.127. The van der Waals surface area contributed by atoms with Crippen LogP contribution in [-0.4, -0.2) is 33.2 Å². The van der Waals surface area contributed by atoms with Crippen LogP contribution in [-0.2, 0) is 11.3 Å². The standard InChI is InChI=1S/C24H26N4O3/c1-16-8-3-6-11-19(16)28-22(29)20-14-18(21-12-7-13-31-21)26-27(20)15-24(28,2)23(30)25-17-9-4-5-10-17/h3,6-8,11-14,17H,4-5,9-10,15H2,1-2H3,(H,25,30)/t24-/m0/s1. The summed E-state index contributed by atoms with van der Waals surface area (Å²) in [7, 11) is 0. The zero-order valence-corrected chi connectivity index (χ0v) is 17.8. The van der Waals surface area contributed by atoms with Gasteiger partial charge in [0.1, 0.15) is 16.9 Å². The van der Waals surface area contributed by atoms with Crippen LogP contribution in [0, 0.1) is 6.92 Å². The van der Waals surface area contributed by atoms with Crippen LogP contribution in [0.1, 0.15) is 48.7 Å². The van der Waals surface area contributed by atoms with Crippen molar-refractivity contribution < 1.29 is 14.0 Å². The SMILES string of the molecule is Cc1ccccc1N1C(=O)c2cc(-c3ccco3)nn2C[C@@]1(C)C(=O)NC1CCCC1. The number of benzene rings is 1. The molecule has 160 valence electrons. The molecule has 1 aliphatic carbocycles. The topological polar surface area (TPSA) is 80.4 Å². The van der Waals surface area contributed by atoms with E-state index in [4.69, 9.17) is 4.42 Å². The van der Waals surface area contributed by atoms with Gasteiger partial charge in [-0.2, -0.15) is 5.10 Å². The number of hydrogen-bond donors (Lipinski definition) is 1. The maximum absolute atomic E-state index is 13.8. The van der Waals surface area contributed by atoms with Gasteiger partial charge in [-0.15, -0.1) is 0 Å². The van der Waals surface area contributed by atoms with Gasteiger partial charge in [0.05, 0.1) is 12.8 Å². The van der Waals surface area contributed by atoms with Crippen LogP contribution in [0.4, 0.5) is 5.69 Å². The van der Waals surface area contributed by atoms with Gasteiger partial charge in [-0.1, -0.05) is 31.0 Å². The maximum atomic E-state index is 13.8. The molecule has 31 heavy (non-hydrogen) atoms. The van der Waals surface area contributed by atoms with Crippen molar-refractivity contribution in [2.24, 2.45) is 0 Å². The predicted molar refractivity (Wildman–Crippen MR) is 117 cm³/mol. The van der Waals surface area contributed by atoms with Crippen LogP contribution < -0.4 is 10.2 Å². The first-order valence-corrected chi connectivity index (χ1v) is 10.8. The Morgan fingerprint density at radius 3 is 2.68 bits per heavy atom. The summed E-state index contributed by atoms with van der Waals surface area (Å²) < 4.78 is 7.11. The van der Waals surface area contributed by atoms with Crippen LogP contribution in [0.15, 0.2) is 53.1 Å². The van der Waals surface area contributed by atoms with Gasteiger partial charge >= 0.3 is 0 Å². The third-order valence-electron chi connectivity index (χ3n) is 6.46. The molecule has 2 amide bonds. The maximum Gasteiger partial charge on any atom is 0.277 e. The summed E-state index contributed by atoms with van der Waals surface area (Å²) in [5, 5.41) is 7.80. The molecular weight excluding hydrogens is 392 g/mol. The zero-order chi connectivity index (χ0) is 21.6. The second kappa shape index (κ2) is 7.41. The first kappa shape index (κ1) is 19.6. The Bertz CT molecular complexity index is 1130. The molecule has 3 heterocycles. The molecule has 5 rings (SSSR count). The fourth-order valence-electron chi connectivity index (χ4n) is 4.73. The van der Waals surface area contributed by atoms with Crippen LogP contribution in [0.5, 0.6) is 0 Å². The Hall–Kier alpha value is -3.35. The van der Waals surface area contributed by atoms with Crippen molar-refractivity contribution in [2.75, 3.05) is 4.90 Å². The van der Waals surface area contributed by atoms with Gasteiger partial charge in [0.25, 0.3) is 5.91 Å². The first-order chi connectivity index (χ1) is 15.0. The molecule has 0 unspecified atom stereocenters. The summed E-state index contributed by atoms with van der Waals surface area (Å²) in [6.07, 6.45) is 5.79. The fourth-order valence-corrected chi connectivity index (χ4v) is 4.73. The molecule has 0 bridgehead atoms. The molecule has 1 atom stereocenters. The Morgan fingerprint density at radius 2 is 1.97 bits per heavy atom. The van der Waals surface area contributed by atoms with Gasteiger partial charge in [0.2, 0.25) is 5.91 Å². The highest BCUT2D eigenvalue weighted by Gasteiger charge is 2.49. The van der Waals surface area contributed by atoms with Crippen molar-refractivity contribution in [1.29, 1.82) is 0 Å². The summed E-state index contributed by atoms with van der Waals surface area (Å²) in [4.78, 5) is 29.0. The Morgan fingerprint density at radius 1 is 1.19 bits per heavy atom. The predicted octanol–water partition coefficient (Wildman–Crippen LogP) is 3.93. The van der Waals surface area contributed by atoms with Gasteiger partial charge in [-0.05, 0) is 50.5 Å². The number of rotatable bonds is 4. The Kier molecular flexibility index (Phi) is 4.68. The molecule has 0 spiro atoms.